The normalized spacial score (nSPS) is 17.2. The number of hydrogen-bond donors (Lipinski definition) is 2. The largest absolute Gasteiger partial charge is 0.481 e. The molecular weight excluding hydrogens is 273 g/mol. The van der Waals surface area contributed by atoms with Crippen LogP contribution < -0.4 is 4.72 Å². The summed E-state index contributed by atoms with van der Waals surface area (Å²) in [5.41, 5.74) is -0.640. The Balaban J connectivity index is 2.14. The van der Waals surface area contributed by atoms with Gasteiger partial charge in [0.15, 0.2) is 0 Å². The summed E-state index contributed by atoms with van der Waals surface area (Å²) in [6.07, 6.45) is 0.903. The number of halogens is 1. The molecule has 104 valence electrons. The van der Waals surface area contributed by atoms with Crippen molar-refractivity contribution in [1.82, 2.24) is 4.72 Å². The molecule has 1 aliphatic carbocycles. The second-order valence-corrected chi connectivity index (χ2v) is 6.59. The molecule has 1 aliphatic rings. The van der Waals surface area contributed by atoms with Gasteiger partial charge in [0.25, 0.3) is 0 Å². The molecule has 0 atom stereocenters. The van der Waals surface area contributed by atoms with Gasteiger partial charge < -0.3 is 5.11 Å². The molecule has 19 heavy (non-hydrogen) atoms. The van der Waals surface area contributed by atoms with E-state index < -0.39 is 27.2 Å². The van der Waals surface area contributed by atoms with E-state index in [-0.39, 0.29) is 11.4 Å². The molecule has 0 bridgehead atoms. The number of carboxylic acid groups (broad SMARTS) is 1. The lowest BCUT2D eigenvalue weighted by Crippen LogP contribution is -2.34. The molecule has 2 rings (SSSR count). The second kappa shape index (κ2) is 4.57. The van der Waals surface area contributed by atoms with Crippen molar-refractivity contribution in [2.75, 3.05) is 6.54 Å². The Kier molecular flexibility index (Phi) is 3.36. The molecule has 0 radical (unpaired) electrons. The molecule has 1 aromatic carbocycles. The first-order valence-corrected chi connectivity index (χ1v) is 7.24. The summed E-state index contributed by atoms with van der Waals surface area (Å²) >= 11 is 0. The van der Waals surface area contributed by atoms with Crippen molar-refractivity contribution in [2.45, 2.75) is 24.7 Å². The average Bonchev–Trinajstić information content (AvgIpc) is 3.11. The number of carbonyl (C=O) groups is 1. The standard InChI is InChI=1S/C12H14FNO4S/c1-8-2-3-9(6-10(8)13)19(17,18)14-7-12(4-5-12)11(15)16/h2-3,6,14H,4-5,7H2,1H3,(H,15,16). The molecule has 0 saturated heterocycles. The Hall–Kier alpha value is -1.47. The number of nitrogens with one attached hydrogen (secondary N) is 1. The van der Waals surface area contributed by atoms with Crippen LogP contribution in [0.3, 0.4) is 0 Å². The number of carboxylic acids is 1. The zero-order valence-corrected chi connectivity index (χ0v) is 11.1. The van der Waals surface area contributed by atoms with Crippen LogP contribution in [0.1, 0.15) is 18.4 Å². The lowest BCUT2D eigenvalue weighted by atomic mass is 10.1. The van der Waals surface area contributed by atoms with E-state index in [4.69, 9.17) is 5.11 Å². The number of benzene rings is 1. The van der Waals surface area contributed by atoms with Crippen LogP contribution in [0.4, 0.5) is 4.39 Å². The molecule has 0 aromatic heterocycles. The third kappa shape index (κ3) is 2.76. The highest BCUT2D eigenvalue weighted by Crippen LogP contribution is 2.45. The lowest BCUT2D eigenvalue weighted by molar-refractivity contribution is -0.143. The van der Waals surface area contributed by atoms with E-state index >= 15 is 0 Å². The Morgan fingerprint density at radius 3 is 2.58 bits per heavy atom. The van der Waals surface area contributed by atoms with Crippen LogP contribution in [0.5, 0.6) is 0 Å². The Morgan fingerprint density at radius 2 is 2.11 bits per heavy atom. The first-order chi connectivity index (χ1) is 8.77. The molecule has 0 unspecified atom stereocenters. The van der Waals surface area contributed by atoms with Crippen LogP contribution in [0, 0.1) is 18.2 Å². The van der Waals surface area contributed by atoms with Crippen molar-refractivity contribution >= 4 is 16.0 Å². The van der Waals surface area contributed by atoms with Crippen molar-refractivity contribution in [3.63, 3.8) is 0 Å². The maximum absolute atomic E-state index is 13.3. The van der Waals surface area contributed by atoms with Gasteiger partial charge in [0, 0.05) is 6.54 Å². The fourth-order valence-corrected chi connectivity index (χ4v) is 2.81. The molecule has 5 nitrogen and oxygen atoms in total. The highest BCUT2D eigenvalue weighted by molar-refractivity contribution is 7.89. The average molecular weight is 287 g/mol. The third-order valence-electron chi connectivity index (χ3n) is 3.36. The van der Waals surface area contributed by atoms with Gasteiger partial charge in [-0.25, -0.2) is 17.5 Å². The fourth-order valence-electron chi connectivity index (χ4n) is 1.67. The highest BCUT2D eigenvalue weighted by atomic mass is 32.2. The molecule has 0 aliphatic heterocycles. The van der Waals surface area contributed by atoms with E-state index in [1.807, 2.05) is 0 Å². The van der Waals surface area contributed by atoms with Gasteiger partial charge >= 0.3 is 5.97 Å². The number of rotatable bonds is 5. The molecule has 0 heterocycles. The number of sulfonamides is 1. The van der Waals surface area contributed by atoms with Crippen LogP contribution >= 0.6 is 0 Å². The summed E-state index contributed by atoms with van der Waals surface area (Å²) in [6.45, 7) is 1.36. The van der Waals surface area contributed by atoms with Gasteiger partial charge in [-0.05, 0) is 37.5 Å². The predicted molar refractivity (Wildman–Crippen MR) is 65.6 cm³/mol. The Labute approximate surface area is 110 Å². The Morgan fingerprint density at radius 1 is 1.47 bits per heavy atom. The smallest absolute Gasteiger partial charge is 0.310 e. The monoisotopic (exact) mass is 287 g/mol. The first kappa shape index (κ1) is 14.0. The number of aliphatic carboxylic acids is 1. The molecule has 1 fully saturated rings. The SMILES string of the molecule is Cc1ccc(S(=O)(=O)NCC2(C(=O)O)CC2)cc1F. The fraction of sp³-hybridized carbons (Fsp3) is 0.417. The number of hydrogen-bond acceptors (Lipinski definition) is 3. The highest BCUT2D eigenvalue weighted by Gasteiger charge is 2.50. The van der Waals surface area contributed by atoms with Crippen molar-refractivity contribution in [2.24, 2.45) is 5.41 Å². The van der Waals surface area contributed by atoms with Gasteiger partial charge in [-0.15, -0.1) is 0 Å². The topological polar surface area (TPSA) is 83.5 Å². The van der Waals surface area contributed by atoms with Crippen molar-refractivity contribution in [3.8, 4) is 0 Å². The van der Waals surface area contributed by atoms with E-state index in [1.54, 1.807) is 0 Å². The van der Waals surface area contributed by atoms with Gasteiger partial charge in [0.1, 0.15) is 5.82 Å². The summed E-state index contributed by atoms with van der Waals surface area (Å²) in [5.74, 6) is -1.62. The zero-order valence-electron chi connectivity index (χ0n) is 10.3. The maximum Gasteiger partial charge on any atom is 0.310 e. The Bertz CT molecular complexity index is 623. The maximum atomic E-state index is 13.3. The van der Waals surface area contributed by atoms with Crippen LogP contribution in [-0.4, -0.2) is 26.0 Å². The molecular formula is C12H14FNO4S. The van der Waals surface area contributed by atoms with E-state index in [2.05, 4.69) is 4.72 Å². The van der Waals surface area contributed by atoms with Gasteiger partial charge in [-0.1, -0.05) is 6.07 Å². The van der Waals surface area contributed by atoms with Crippen LogP contribution in [0.2, 0.25) is 0 Å². The molecule has 0 spiro atoms. The van der Waals surface area contributed by atoms with E-state index in [1.165, 1.54) is 19.1 Å². The van der Waals surface area contributed by atoms with E-state index in [9.17, 15) is 17.6 Å². The minimum absolute atomic E-state index is 0.167. The summed E-state index contributed by atoms with van der Waals surface area (Å²) in [6, 6.07) is 3.59. The molecule has 1 saturated carbocycles. The van der Waals surface area contributed by atoms with Gasteiger partial charge in [-0.2, -0.15) is 0 Å². The lowest BCUT2D eigenvalue weighted by Gasteiger charge is -2.12. The van der Waals surface area contributed by atoms with Gasteiger partial charge in [0.05, 0.1) is 10.3 Å². The zero-order chi connectivity index (χ0) is 14.3. The van der Waals surface area contributed by atoms with Crippen molar-refractivity contribution in [1.29, 1.82) is 0 Å². The second-order valence-electron chi connectivity index (χ2n) is 4.82. The summed E-state index contributed by atoms with van der Waals surface area (Å²) < 4.78 is 39.4. The quantitative estimate of drug-likeness (QED) is 0.854. The van der Waals surface area contributed by atoms with Crippen LogP contribution in [-0.2, 0) is 14.8 Å². The van der Waals surface area contributed by atoms with Crippen LogP contribution in [0.15, 0.2) is 23.1 Å². The number of aryl methyl sites for hydroxylation is 1. The molecule has 7 heteroatoms. The molecule has 0 amide bonds. The summed E-state index contributed by atoms with van der Waals surface area (Å²) in [7, 11) is -3.88. The molecule has 1 aromatic rings. The van der Waals surface area contributed by atoms with E-state index in [0.29, 0.717) is 18.4 Å². The van der Waals surface area contributed by atoms with Crippen molar-refractivity contribution in [3.05, 3.63) is 29.6 Å². The van der Waals surface area contributed by atoms with Gasteiger partial charge in [0.2, 0.25) is 10.0 Å². The minimum Gasteiger partial charge on any atom is -0.481 e. The summed E-state index contributed by atoms with van der Waals surface area (Å²) in [4.78, 5) is 10.7. The van der Waals surface area contributed by atoms with E-state index in [0.717, 1.165) is 6.07 Å². The van der Waals surface area contributed by atoms with Crippen molar-refractivity contribution < 1.29 is 22.7 Å². The predicted octanol–water partition coefficient (Wildman–Crippen LogP) is 1.28. The van der Waals surface area contributed by atoms with Crippen LogP contribution in [0.25, 0.3) is 0 Å². The minimum atomic E-state index is -3.88. The summed E-state index contributed by atoms with van der Waals surface area (Å²) in [5, 5.41) is 8.96. The van der Waals surface area contributed by atoms with Gasteiger partial charge in [-0.3, -0.25) is 4.79 Å². The third-order valence-corrected chi connectivity index (χ3v) is 4.76. The molecule has 2 N–H and O–H groups in total. The first-order valence-electron chi connectivity index (χ1n) is 5.76.